The van der Waals surface area contributed by atoms with Crippen LogP contribution in [0.15, 0.2) is 49.1 Å². The van der Waals surface area contributed by atoms with Crippen molar-refractivity contribution in [1.29, 1.82) is 0 Å². The first-order valence-electron chi connectivity index (χ1n) is 7.27. The minimum Gasteiger partial charge on any atom is -0.465 e. The summed E-state index contributed by atoms with van der Waals surface area (Å²) in [5.74, 6) is 0. The number of amides is 1. The van der Waals surface area contributed by atoms with Gasteiger partial charge in [-0.2, -0.15) is 0 Å². The molecule has 1 saturated heterocycles. The van der Waals surface area contributed by atoms with Crippen LogP contribution in [0.5, 0.6) is 0 Å². The van der Waals surface area contributed by atoms with Gasteiger partial charge in [0.25, 0.3) is 0 Å². The van der Waals surface area contributed by atoms with E-state index < -0.39 is 6.09 Å². The molecule has 0 unspecified atom stereocenters. The first-order chi connectivity index (χ1) is 10.8. The van der Waals surface area contributed by atoms with Gasteiger partial charge in [0.15, 0.2) is 0 Å². The molecule has 6 heteroatoms. The lowest BCUT2D eigenvalue weighted by molar-refractivity contribution is 0.0930. The Balaban J connectivity index is 1.86. The highest BCUT2D eigenvalue weighted by molar-refractivity contribution is 5.65. The number of aromatic nitrogens is 2. The van der Waals surface area contributed by atoms with Crippen LogP contribution in [-0.2, 0) is 0 Å². The van der Waals surface area contributed by atoms with E-state index in [4.69, 9.17) is 5.11 Å². The van der Waals surface area contributed by atoms with Crippen LogP contribution in [0.1, 0.15) is 17.2 Å². The van der Waals surface area contributed by atoms with E-state index in [2.05, 4.69) is 14.9 Å². The van der Waals surface area contributed by atoms with E-state index in [-0.39, 0.29) is 6.04 Å². The quantitative estimate of drug-likeness (QED) is 0.936. The van der Waals surface area contributed by atoms with Crippen molar-refractivity contribution in [3.05, 3.63) is 60.2 Å². The Bertz CT molecular complexity index is 573. The fraction of sp³-hybridized carbons (Fsp3) is 0.312. The summed E-state index contributed by atoms with van der Waals surface area (Å²) < 4.78 is 0. The van der Waals surface area contributed by atoms with Gasteiger partial charge in [-0.25, -0.2) is 4.79 Å². The Morgan fingerprint density at radius 2 is 1.55 bits per heavy atom. The minimum absolute atomic E-state index is 0.0540. The summed E-state index contributed by atoms with van der Waals surface area (Å²) in [6, 6.07) is 8.00. The van der Waals surface area contributed by atoms with Crippen LogP contribution in [0.3, 0.4) is 0 Å². The summed E-state index contributed by atoms with van der Waals surface area (Å²) in [4.78, 5) is 23.2. The van der Waals surface area contributed by atoms with Crippen molar-refractivity contribution >= 4 is 6.09 Å². The van der Waals surface area contributed by atoms with Crippen molar-refractivity contribution in [1.82, 2.24) is 19.8 Å². The highest BCUT2D eigenvalue weighted by atomic mass is 16.4. The molecule has 1 fully saturated rings. The van der Waals surface area contributed by atoms with Crippen LogP contribution in [0.2, 0.25) is 0 Å². The van der Waals surface area contributed by atoms with Crippen molar-refractivity contribution in [2.24, 2.45) is 0 Å². The van der Waals surface area contributed by atoms with Crippen molar-refractivity contribution in [2.45, 2.75) is 6.04 Å². The summed E-state index contributed by atoms with van der Waals surface area (Å²) in [6.45, 7) is 2.43. The van der Waals surface area contributed by atoms with Gasteiger partial charge in [0.1, 0.15) is 0 Å². The maximum Gasteiger partial charge on any atom is 0.407 e. The molecule has 114 valence electrons. The number of hydrogen-bond acceptors (Lipinski definition) is 4. The van der Waals surface area contributed by atoms with Gasteiger partial charge in [-0.1, -0.05) is 12.1 Å². The monoisotopic (exact) mass is 298 g/mol. The van der Waals surface area contributed by atoms with Gasteiger partial charge in [-0.15, -0.1) is 0 Å². The molecule has 0 saturated carbocycles. The van der Waals surface area contributed by atoms with Crippen LogP contribution in [-0.4, -0.2) is 57.1 Å². The molecule has 0 radical (unpaired) electrons. The molecule has 0 bridgehead atoms. The van der Waals surface area contributed by atoms with E-state index >= 15 is 0 Å². The highest BCUT2D eigenvalue weighted by Gasteiger charge is 2.28. The molecule has 3 heterocycles. The second-order valence-corrected chi connectivity index (χ2v) is 5.28. The standard InChI is InChI=1S/C16H18N4O2/c21-16(22)20-9-7-19(8-10-20)15(13-3-1-5-17-11-13)14-4-2-6-18-12-14/h1-6,11-12,15H,7-10H2,(H,21,22). The molecule has 1 amide bonds. The van der Waals surface area contributed by atoms with Crippen molar-refractivity contribution in [2.75, 3.05) is 26.2 Å². The Hall–Kier alpha value is -2.47. The first-order valence-corrected chi connectivity index (χ1v) is 7.27. The van der Waals surface area contributed by atoms with Gasteiger partial charge in [-0.05, 0) is 23.3 Å². The second kappa shape index (κ2) is 6.53. The van der Waals surface area contributed by atoms with Gasteiger partial charge in [0.2, 0.25) is 0 Å². The maximum atomic E-state index is 11.1. The predicted molar refractivity (Wildman–Crippen MR) is 81.5 cm³/mol. The first kappa shape index (κ1) is 14.5. The SMILES string of the molecule is O=C(O)N1CCN(C(c2cccnc2)c2cccnc2)CC1. The third-order valence-electron chi connectivity index (χ3n) is 3.95. The lowest BCUT2D eigenvalue weighted by atomic mass is 9.99. The molecule has 3 rings (SSSR count). The molecular formula is C16H18N4O2. The van der Waals surface area contributed by atoms with Crippen molar-refractivity contribution in [3.8, 4) is 0 Å². The average Bonchev–Trinajstić information content (AvgIpc) is 2.57. The zero-order chi connectivity index (χ0) is 15.4. The average molecular weight is 298 g/mol. The molecule has 6 nitrogen and oxygen atoms in total. The molecule has 1 aliphatic rings. The lowest BCUT2D eigenvalue weighted by Gasteiger charge is -2.38. The van der Waals surface area contributed by atoms with Gasteiger partial charge in [0, 0.05) is 51.0 Å². The van der Waals surface area contributed by atoms with Gasteiger partial charge in [0.05, 0.1) is 6.04 Å². The maximum absolute atomic E-state index is 11.1. The number of hydrogen-bond donors (Lipinski definition) is 1. The molecule has 0 spiro atoms. The smallest absolute Gasteiger partial charge is 0.407 e. The Labute approximate surface area is 129 Å². The number of rotatable bonds is 3. The molecule has 1 N–H and O–H groups in total. The van der Waals surface area contributed by atoms with E-state index in [0.717, 1.165) is 11.1 Å². The Kier molecular flexibility index (Phi) is 4.29. The highest BCUT2D eigenvalue weighted by Crippen LogP contribution is 2.28. The summed E-state index contributed by atoms with van der Waals surface area (Å²) >= 11 is 0. The van der Waals surface area contributed by atoms with Crippen LogP contribution in [0, 0.1) is 0 Å². The summed E-state index contributed by atoms with van der Waals surface area (Å²) in [5.41, 5.74) is 2.19. The zero-order valence-corrected chi connectivity index (χ0v) is 12.2. The van der Waals surface area contributed by atoms with Crippen LogP contribution >= 0.6 is 0 Å². The van der Waals surface area contributed by atoms with Crippen LogP contribution in [0.4, 0.5) is 4.79 Å². The molecule has 2 aromatic rings. The van der Waals surface area contributed by atoms with Crippen LogP contribution < -0.4 is 0 Å². The second-order valence-electron chi connectivity index (χ2n) is 5.28. The summed E-state index contributed by atoms with van der Waals surface area (Å²) in [6.07, 6.45) is 6.39. The number of carbonyl (C=O) groups is 1. The van der Waals surface area contributed by atoms with Crippen LogP contribution in [0.25, 0.3) is 0 Å². The Morgan fingerprint density at radius 1 is 1.00 bits per heavy atom. The molecule has 0 aromatic carbocycles. The predicted octanol–water partition coefficient (Wildman–Crippen LogP) is 1.86. The summed E-state index contributed by atoms with van der Waals surface area (Å²) in [7, 11) is 0. The minimum atomic E-state index is -0.848. The third-order valence-corrected chi connectivity index (χ3v) is 3.95. The van der Waals surface area contributed by atoms with E-state index in [0.29, 0.717) is 26.2 Å². The van der Waals surface area contributed by atoms with Gasteiger partial charge in [-0.3, -0.25) is 14.9 Å². The molecule has 0 atom stereocenters. The fourth-order valence-corrected chi connectivity index (χ4v) is 2.86. The number of pyridine rings is 2. The number of piperazine rings is 1. The van der Waals surface area contributed by atoms with E-state index in [1.165, 1.54) is 4.90 Å². The van der Waals surface area contributed by atoms with Gasteiger partial charge >= 0.3 is 6.09 Å². The Morgan fingerprint density at radius 3 is 1.95 bits per heavy atom. The van der Waals surface area contributed by atoms with Gasteiger partial charge < -0.3 is 10.0 Å². The van der Waals surface area contributed by atoms with E-state index in [1.54, 1.807) is 12.4 Å². The van der Waals surface area contributed by atoms with E-state index in [1.807, 2.05) is 36.7 Å². The topological polar surface area (TPSA) is 69.6 Å². The molecule has 0 aliphatic carbocycles. The molecule has 1 aliphatic heterocycles. The molecular weight excluding hydrogens is 280 g/mol. The largest absolute Gasteiger partial charge is 0.465 e. The number of nitrogens with zero attached hydrogens (tertiary/aromatic N) is 4. The third kappa shape index (κ3) is 3.07. The number of carboxylic acid groups (broad SMARTS) is 1. The normalized spacial score (nSPS) is 16.0. The summed E-state index contributed by atoms with van der Waals surface area (Å²) in [5, 5.41) is 9.08. The fourth-order valence-electron chi connectivity index (χ4n) is 2.86. The van der Waals surface area contributed by atoms with Crippen molar-refractivity contribution < 1.29 is 9.90 Å². The molecule has 2 aromatic heterocycles. The molecule has 22 heavy (non-hydrogen) atoms. The zero-order valence-electron chi connectivity index (χ0n) is 12.2. The van der Waals surface area contributed by atoms with E-state index in [9.17, 15) is 4.79 Å². The van der Waals surface area contributed by atoms with Crippen molar-refractivity contribution in [3.63, 3.8) is 0 Å². The lowest BCUT2D eigenvalue weighted by Crippen LogP contribution is -2.49.